The fourth-order valence-electron chi connectivity index (χ4n) is 4.80. The Morgan fingerprint density at radius 2 is 2.00 bits per heavy atom. The van der Waals surface area contributed by atoms with E-state index in [1.54, 1.807) is 19.2 Å². The monoisotopic (exact) mass is 404 g/mol. The average molecular weight is 405 g/mol. The zero-order chi connectivity index (χ0) is 20.5. The molecule has 30 heavy (non-hydrogen) atoms. The molecule has 6 heteroatoms. The van der Waals surface area contributed by atoms with Gasteiger partial charge in [-0.1, -0.05) is 18.2 Å². The molecule has 0 spiro atoms. The first-order valence-electron chi connectivity index (χ1n) is 10.7. The van der Waals surface area contributed by atoms with Crippen LogP contribution < -0.4 is 10.1 Å². The Morgan fingerprint density at radius 1 is 1.17 bits per heavy atom. The van der Waals surface area contributed by atoms with Gasteiger partial charge in [0.25, 0.3) is 5.91 Å². The van der Waals surface area contributed by atoms with Gasteiger partial charge in [-0.05, 0) is 42.3 Å². The molecule has 0 saturated carbocycles. The molecule has 1 aromatic heterocycles. The smallest absolute Gasteiger partial charge is 0.251 e. The lowest BCUT2D eigenvalue weighted by Gasteiger charge is -2.44. The van der Waals surface area contributed by atoms with Crippen LogP contribution >= 0.6 is 0 Å². The van der Waals surface area contributed by atoms with Crippen molar-refractivity contribution in [2.24, 2.45) is 0 Å². The number of rotatable bonds is 5. The number of amides is 1. The molecule has 1 saturated heterocycles. The van der Waals surface area contributed by atoms with Crippen LogP contribution in [0.2, 0.25) is 0 Å². The molecule has 0 radical (unpaired) electrons. The molecule has 2 N–H and O–H groups in total. The fourth-order valence-corrected chi connectivity index (χ4v) is 4.80. The standard InChI is InChI=1S/C24H28N4O2/c1-30-19-8-6-17(7-9-19)24(29)25-10-11-27-12-13-28-16-23-21(14-18(28)15-27)20-4-2-3-5-22(20)26-23/h2-9,18,26H,10-16H2,1H3,(H,25,29). The zero-order valence-corrected chi connectivity index (χ0v) is 17.4. The fraction of sp³-hybridized carbons (Fsp3) is 0.375. The molecule has 2 aromatic carbocycles. The lowest BCUT2D eigenvalue weighted by molar-refractivity contribution is 0.0600. The van der Waals surface area contributed by atoms with Crippen molar-refractivity contribution >= 4 is 16.8 Å². The molecule has 3 heterocycles. The van der Waals surface area contributed by atoms with Crippen LogP contribution in [0.25, 0.3) is 10.9 Å². The summed E-state index contributed by atoms with van der Waals surface area (Å²) in [5.41, 5.74) is 4.79. The van der Waals surface area contributed by atoms with E-state index in [4.69, 9.17) is 4.74 Å². The maximum Gasteiger partial charge on any atom is 0.251 e. The zero-order valence-electron chi connectivity index (χ0n) is 17.4. The summed E-state index contributed by atoms with van der Waals surface area (Å²) in [6, 6.07) is 16.4. The quantitative estimate of drug-likeness (QED) is 0.686. The molecule has 156 valence electrons. The number of aromatic nitrogens is 1. The van der Waals surface area contributed by atoms with Gasteiger partial charge in [-0.2, -0.15) is 0 Å². The molecule has 1 fully saturated rings. The molecule has 2 aliphatic heterocycles. The number of hydrogen-bond acceptors (Lipinski definition) is 4. The van der Waals surface area contributed by atoms with E-state index in [1.807, 2.05) is 12.1 Å². The number of aromatic amines is 1. The van der Waals surface area contributed by atoms with Gasteiger partial charge in [0.2, 0.25) is 0 Å². The summed E-state index contributed by atoms with van der Waals surface area (Å²) in [5.74, 6) is 0.729. The van der Waals surface area contributed by atoms with Crippen molar-refractivity contribution in [2.75, 3.05) is 39.8 Å². The van der Waals surface area contributed by atoms with E-state index in [0.29, 0.717) is 18.2 Å². The van der Waals surface area contributed by atoms with Crippen molar-refractivity contribution < 1.29 is 9.53 Å². The number of nitrogens with one attached hydrogen (secondary N) is 2. The second kappa shape index (κ2) is 8.13. The minimum absolute atomic E-state index is 0.0302. The van der Waals surface area contributed by atoms with Gasteiger partial charge in [0.1, 0.15) is 5.75 Å². The van der Waals surface area contributed by atoms with Crippen LogP contribution in [0.3, 0.4) is 0 Å². The van der Waals surface area contributed by atoms with Gasteiger partial charge in [-0.15, -0.1) is 0 Å². The minimum atomic E-state index is -0.0302. The van der Waals surface area contributed by atoms with Crippen LogP contribution in [-0.4, -0.2) is 66.6 Å². The number of H-pyrrole nitrogens is 1. The van der Waals surface area contributed by atoms with E-state index >= 15 is 0 Å². The third-order valence-electron chi connectivity index (χ3n) is 6.46. The normalized spacial score (nSPS) is 19.3. The van der Waals surface area contributed by atoms with E-state index in [-0.39, 0.29) is 5.91 Å². The van der Waals surface area contributed by atoms with Gasteiger partial charge in [-0.25, -0.2) is 0 Å². The van der Waals surface area contributed by atoms with Crippen LogP contribution in [0.4, 0.5) is 0 Å². The summed E-state index contributed by atoms with van der Waals surface area (Å²) in [4.78, 5) is 21.1. The Kier molecular flexibility index (Phi) is 5.19. The lowest BCUT2D eigenvalue weighted by Crippen LogP contribution is -2.56. The predicted molar refractivity (Wildman–Crippen MR) is 118 cm³/mol. The molecule has 2 aliphatic rings. The van der Waals surface area contributed by atoms with E-state index < -0.39 is 0 Å². The molecule has 1 unspecified atom stereocenters. The highest BCUT2D eigenvalue weighted by atomic mass is 16.5. The summed E-state index contributed by atoms with van der Waals surface area (Å²) in [6.45, 7) is 5.73. The lowest BCUT2D eigenvalue weighted by atomic mass is 9.95. The van der Waals surface area contributed by atoms with Crippen LogP contribution in [0.5, 0.6) is 5.75 Å². The number of carbonyl (C=O) groups is 1. The van der Waals surface area contributed by atoms with Gasteiger partial charge < -0.3 is 15.0 Å². The van der Waals surface area contributed by atoms with E-state index in [1.165, 1.54) is 22.2 Å². The Morgan fingerprint density at radius 3 is 2.83 bits per heavy atom. The second-order valence-corrected chi connectivity index (χ2v) is 8.24. The van der Waals surface area contributed by atoms with Crippen LogP contribution in [0, 0.1) is 0 Å². The highest BCUT2D eigenvalue weighted by Gasteiger charge is 2.33. The van der Waals surface area contributed by atoms with Gasteiger partial charge in [-0.3, -0.25) is 14.6 Å². The molecule has 3 aromatic rings. The molecule has 1 atom stereocenters. The number of piperazine rings is 1. The summed E-state index contributed by atoms with van der Waals surface area (Å²) in [7, 11) is 1.63. The van der Waals surface area contributed by atoms with Crippen molar-refractivity contribution in [3.63, 3.8) is 0 Å². The van der Waals surface area contributed by atoms with Crippen LogP contribution in [0.1, 0.15) is 21.6 Å². The number of carbonyl (C=O) groups excluding carboxylic acids is 1. The highest BCUT2D eigenvalue weighted by Crippen LogP contribution is 2.31. The number of hydrogen-bond donors (Lipinski definition) is 2. The average Bonchev–Trinajstić information content (AvgIpc) is 3.15. The van der Waals surface area contributed by atoms with Crippen molar-refractivity contribution in [2.45, 2.75) is 19.0 Å². The highest BCUT2D eigenvalue weighted by molar-refractivity contribution is 5.94. The Balaban J connectivity index is 1.16. The Hall–Kier alpha value is -2.83. The number of benzene rings is 2. The summed E-state index contributed by atoms with van der Waals surface area (Å²) in [5, 5.41) is 4.42. The largest absolute Gasteiger partial charge is 0.497 e. The third-order valence-corrected chi connectivity index (χ3v) is 6.46. The number of ether oxygens (including phenoxy) is 1. The number of nitrogens with zero attached hydrogens (tertiary/aromatic N) is 2. The first kappa shape index (κ1) is 19.2. The first-order chi connectivity index (χ1) is 14.7. The first-order valence-corrected chi connectivity index (χ1v) is 10.7. The summed E-state index contributed by atoms with van der Waals surface area (Å²) < 4.78 is 5.15. The van der Waals surface area contributed by atoms with Crippen LogP contribution in [0.15, 0.2) is 48.5 Å². The van der Waals surface area contributed by atoms with Gasteiger partial charge in [0.15, 0.2) is 0 Å². The van der Waals surface area contributed by atoms with Gasteiger partial charge in [0, 0.05) is 67.5 Å². The van der Waals surface area contributed by atoms with E-state index in [0.717, 1.165) is 44.9 Å². The second-order valence-electron chi connectivity index (χ2n) is 8.24. The topological polar surface area (TPSA) is 60.6 Å². The molecular formula is C24H28N4O2. The molecule has 0 aliphatic carbocycles. The molecule has 0 bridgehead atoms. The molecule has 1 amide bonds. The number of methoxy groups -OCH3 is 1. The van der Waals surface area contributed by atoms with E-state index in [9.17, 15) is 4.79 Å². The minimum Gasteiger partial charge on any atom is -0.497 e. The van der Waals surface area contributed by atoms with Crippen molar-refractivity contribution in [1.29, 1.82) is 0 Å². The predicted octanol–water partition coefficient (Wildman–Crippen LogP) is 2.65. The number of para-hydroxylation sites is 1. The number of fused-ring (bicyclic) bond motifs is 4. The Bertz CT molecular complexity index is 1040. The molecule has 5 rings (SSSR count). The van der Waals surface area contributed by atoms with Crippen LogP contribution in [-0.2, 0) is 13.0 Å². The van der Waals surface area contributed by atoms with Gasteiger partial charge in [0.05, 0.1) is 7.11 Å². The SMILES string of the molecule is COc1ccc(C(=O)NCCN2CCN3Cc4[nH]c5ccccc5c4CC3C2)cc1. The maximum absolute atomic E-state index is 12.4. The summed E-state index contributed by atoms with van der Waals surface area (Å²) in [6.07, 6.45) is 1.09. The molecule has 6 nitrogen and oxygen atoms in total. The van der Waals surface area contributed by atoms with Crippen molar-refractivity contribution in [3.05, 3.63) is 65.4 Å². The van der Waals surface area contributed by atoms with E-state index in [2.05, 4.69) is 44.4 Å². The maximum atomic E-state index is 12.4. The Labute approximate surface area is 176 Å². The van der Waals surface area contributed by atoms with Crippen molar-refractivity contribution in [1.82, 2.24) is 20.1 Å². The van der Waals surface area contributed by atoms with Gasteiger partial charge >= 0.3 is 0 Å². The molecular weight excluding hydrogens is 376 g/mol. The summed E-state index contributed by atoms with van der Waals surface area (Å²) >= 11 is 0. The van der Waals surface area contributed by atoms with Crippen molar-refractivity contribution in [3.8, 4) is 5.75 Å². The third kappa shape index (κ3) is 3.68.